The lowest BCUT2D eigenvalue weighted by atomic mass is 10.1. The number of rotatable bonds is 7. The molecule has 0 radical (unpaired) electrons. The third-order valence-electron chi connectivity index (χ3n) is 4.25. The molecule has 29 heavy (non-hydrogen) atoms. The summed E-state index contributed by atoms with van der Waals surface area (Å²) in [6.45, 7) is 4.20. The summed E-state index contributed by atoms with van der Waals surface area (Å²) >= 11 is 5.97. The van der Waals surface area contributed by atoms with Gasteiger partial charge in [0.25, 0.3) is 5.91 Å². The van der Waals surface area contributed by atoms with E-state index in [4.69, 9.17) is 21.1 Å². The maximum Gasteiger partial charge on any atom is 0.339 e. The number of pyridine rings is 1. The molecule has 0 aliphatic heterocycles. The minimum Gasteiger partial charge on any atom is -0.491 e. The summed E-state index contributed by atoms with van der Waals surface area (Å²) in [7, 11) is 0. The van der Waals surface area contributed by atoms with Gasteiger partial charge in [0.15, 0.2) is 6.61 Å². The van der Waals surface area contributed by atoms with Gasteiger partial charge in [0.1, 0.15) is 17.5 Å². The Morgan fingerprint density at radius 1 is 1.10 bits per heavy atom. The predicted molar refractivity (Wildman–Crippen MR) is 111 cm³/mol. The molecule has 7 heteroatoms. The summed E-state index contributed by atoms with van der Waals surface area (Å²) in [5, 5.41) is 3.46. The number of amides is 1. The molecule has 0 atom stereocenters. The van der Waals surface area contributed by atoms with Gasteiger partial charge in [0, 0.05) is 5.39 Å². The molecular formula is C22H21ClN2O4. The van der Waals surface area contributed by atoms with E-state index in [0.29, 0.717) is 24.1 Å². The van der Waals surface area contributed by atoms with E-state index in [1.807, 2.05) is 32.0 Å². The van der Waals surface area contributed by atoms with Gasteiger partial charge in [0.05, 0.1) is 17.6 Å². The molecule has 2 aromatic carbocycles. The SMILES string of the molecule is Cc1ccc(OCCNC(=O)COC(=O)c2cc(Cl)nc3ccccc23)c(C)c1. The van der Waals surface area contributed by atoms with Gasteiger partial charge in [-0.05, 0) is 37.6 Å². The highest BCUT2D eigenvalue weighted by Crippen LogP contribution is 2.21. The van der Waals surface area contributed by atoms with Crippen LogP contribution in [0.25, 0.3) is 10.9 Å². The van der Waals surface area contributed by atoms with E-state index in [1.54, 1.807) is 24.3 Å². The fraction of sp³-hybridized carbons (Fsp3) is 0.227. The summed E-state index contributed by atoms with van der Waals surface area (Å²) in [5.41, 5.74) is 3.05. The molecule has 6 nitrogen and oxygen atoms in total. The maximum absolute atomic E-state index is 12.4. The number of benzene rings is 2. The van der Waals surface area contributed by atoms with Crippen molar-refractivity contribution in [3.63, 3.8) is 0 Å². The van der Waals surface area contributed by atoms with Crippen molar-refractivity contribution in [2.75, 3.05) is 19.8 Å². The summed E-state index contributed by atoms with van der Waals surface area (Å²) < 4.78 is 10.8. The summed E-state index contributed by atoms with van der Waals surface area (Å²) in [5.74, 6) is -0.267. The number of aromatic nitrogens is 1. The van der Waals surface area contributed by atoms with E-state index in [2.05, 4.69) is 10.3 Å². The van der Waals surface area contributed by atoms with Crippen molar-refractivity contribution in [1.29, 1.82) is 0 Å². The number of hydrogen-bond acceptors (Lipinski definition) is 5. The van der Waals surface area contributed by atoms with Crippen molar-refractivity contribution >= 4 is 34.4 Å². The topological polar surface area (TPSA) is 77.5 Å². The van der Waals surface area contributed by atoms with Gasteiger partial charge >= 0.3 is 5.97 Å². The fourth-order valence-corrected chi connectivity index (χ4v) is 3.08. The molecule has 1 aromatic heterocycles. The standard InChI is InChI=1S/C22H21ClN2O4/c1-14-7-8-19(15(2)11-14)28-10-9-24-21(26)13-29-22(27)17-12-20(23)25-18-6-4-3-5-16(17)18/h3-8,11-12H,9-10,13H2,1-2H3,(H,24,26). The monoisotopic (exact) mass is 412 g/mol. The van der Waals surface area contributed by atoms with E-state index in [-0.39, 0.29) is 10.7 Å². The zero-order valence-electron chi connectivity index (χ0n) is 16.2. The molecule has 0 bridgehead atoms. The lowest BCUT2D eigenvalue weighted by molar-refractivity contribution is -0.124. The minimum atomic E-state index is -0.632. The molecule has 3 rings (SSSR count). The predicted octanol–water partition coefficient (Wildman–Crippen LogP) is 3.86. The van der Waals surface area contributed by atoms with Crippen LogP contribution in [0.15, 0.2) is 48.5 Å². The average molecular weight is 413 g/mol. The Kier molecular flexibility index (Phi) is 6.67. The number of aryl methyl sites for hydroxylation is 2. The van der Waals surface area contributed by atoms with Crippen molar-refractivity contribution in [3.05, 3.63) is 70.4 Å². The fourth-order valence-electron chi connectivity index (χ4n) is 2.88. The normalized spacial score (nSPS) is 10.6. The first-order valence-corrected chi connectivity index (χ1v) is 9.51. The number of carbonyl (C=O) groups is 2. The molecule has 150 valence electrons. The van der Waals surface area contributed by atoms with Crippen LogP contribution in [0.4, 0.5) is 0 Å². The minimum absolute atomic E-state index is 0.184. The van der Waals surface area contributed by atoms with Crippen LogP contribution in [0.3, 0.4) is 0 Å². The molecule has 0 spiro atoms. The van der Waals surface area contributed by atoms with E-state index in [1.165, 1.54) is 6.07 Å². The first-order chi connectivity index (χ1) is 13.9. The van der Waals surface area contributed by atoms with E-state index >= 15 is 0 Å². The lowest BCUT2D eigenvalue weighted by Crippen LogP contribution is -2.32. The van der Waals surface area contributed by atoms with Crippen molar-refractivity contribution in [2.45, 2.75) is 13.8 Å². The van der Waals surface area contributed by atoms with Crippen molar-refractivity contribution < 1.29 is 19.1 Å². The quantitative estimate of drug-likeness (QED) is 0.362. The van der Waals surface area contributed by atoms with Gasteiger partial charge in [-0.2, -0.15) is 0 Å². The van der Waals surface area contributed by atoms with Crippen LogP contribution in [0.5, 0.6) is 5.75 Å². The van der Waals surface area contributed by atoms with E-state index < -0.39 is 18.5 Å². The Bertz CT molecular complexity index is 1050. The van der Waals surface area contributed by atoms with Crippen LogP contribution in [0, 0.1) is 13.8 Å². The Hall–Kier alpha value is -3.12. The van der Waals surface area contributed by atoms with Crippen molar-refractivity contribution in [1.82, 2.24) is 10.3 Å². The van der Waals surface area contributed by atoms with Gasteiger partial charge < -0.3 is 14.8 Å². The molecule has 0 saturated heterocycles. The van der Waals surface area contributed by atoms with Crippen molar-refractivity contribution in [3.8, 4) is 5.75 Å². The first-order valence-electron chi connectivity index (χ1n) is 9.13. The molecule has 1 amide bonds. The first kappa shape index (κ1) is 20.6. The smallest absolute Gasteiger partial charge is 0.339 e. The Balaban J connectivity index is 1.48. The van der Waals surface area contributed by atoms with Gasteiger partial charge in [-0.1, -0.05) is 47.5 Å². The molecule has 0 saturated carbocycles. The van der Waals surface area contributed by atoms with Gasteiger partial charge in [-0.3, -0.25) is 4.79 Å². The molecule has 1 N–H and O–H groups in total. The molecule has 0 aliphatic carbocycles. The van der Waals surface area contributed by atoms with Crippen LogP contribution in [0.2, 0.25) is 5.15 Å². The number of fused-ring (bicyclic) bond motifs is 1. The number of hydrogen-bond donors (Lipinski definition) is 1. The van der Waals surface area contributed by atoms with Crippen LogP contribution >= 0.6 is 11.6 Å². The molecule has 0 unspecified atom stereocenters. The largest absolute Gasteiger partial charge is 0.491 e. The second kappa shape index (κ2) is 9.39. The number of nitrogens with one attached hydrogen (secondary N) is 1. The second-order valence-corrected chi connectivity index (χ2v) is 6.94. The van der Waals surface area contributed by atoms with Crippen LogP contribution in [-0.2, 0) is 9.53 Å². The molecule has 3 aromatic rings. The van der Waals surface area contributed by atoms with Gasteiger partial charge in [-0.15, -0.1) is 0 Å². The van der Waals surface area contributed by atoms with E-state index in [0.717, 1.165) is 16.9 Å². The van der Waals surface area contributed by atoms with Gasteiger partial charge in [0.2, 0.25) is 0 Å². The highest BCUT2D eigenvalue weighted by molar-refractivity contribution is 6.30. The number of para-hydroxylation sites is 1. The molecule has 0 aliphatic rings. The highest BCUT2D eigenvalue weighted by atomic mass is 35.5. The number of ether oxygens (including phenoxy) is 2. The molecule has 0 fully saturated rings. The van der Waals surface area contributed by atoms with Crippen LogP contribution in [0.1, 0.15) is 21.5 Å². The zero-order chi connectivity index (χ0) is 20.8. The Morgan fingerprint density at radius 2 is 1.90 bits per heavy atom. The van der Waals surface area contributed by atoms with Crippen LogP contribution < -0.4 is 10.1 Å². The number of nitrogens with zero attached hydrogens (tertiary/aromatic N) is 1. The molecule has 1 heterocycles. The number of carbonyl (C=O) groups excluding carboxylic acids is 2. The summed E-state index contributed by atoms with van der Waals surface area (Å²) in [6.07, 6.45) is 0. The number of halogens is 1. The Morgan fingerprint density at radius 3 is 2.69 bits per heavy atom. The van der Waals surface area contributed by atoms with E-state index in [9.17, 15) is 9.59 Å². The maximum atomic E-state index is 12.4. The van der Waals surface area contributed by atoms with Crippen LogP contribution in [-0.4, -0.2) is 36.6 Å². The third kappa shape index (κ3) is 5.45. The third-order valence-corrected chi connectivity index (χ3v) is 4.45. The average Bonchev–Trinajstić information content (AvgIpc) is 2.70. The van der Waals surface area contributed by atoms with Crippen molar-refractivity contribution in [2.24, 2.45) is 0 Å². The zero-order valence-corrected chi connectivity index (χ0v) is 17.0. The lowest BCUT2D eigenvalue weighted by Gasteiger charge is -2.11. The second-order valence-electron chi connectivity index (χ2n) is 6.55. The highest BCUT2D eigenvalue weighted by Gasteiger charge is 2.15. The van der Waals surface area contributed by atoms with Gasteiger partial charge in [-0.25, -0.2) is 9.78 Å². The Labute approximate surface area is 173 Å². The summed E-state index contributed by atoms with van der Waals surface area (Å²) in [4.78, 5) is 28.5. The molecular weight excluding hydrogens is 392 g/mol. The summed E-state index contributed by atoms with van der Waals surface area (Å²) in [6, 6.07) is 14.4. The number of esters is 1.